The van der Waals surface area contributed by atoms with Gasteiger partial charge in [0.15, 0.2) is 11.6 Å². The van der Waals surface area contributed by atoms with Crippen LogP contribution in [0, 0.1) is 5.82 Å². The standard InChI is InChI=1S/C11H17ClFN5/c1-17-3-4-18(2)8(7-17)5-14-10-9(13)6-15-11(12)16-10/h6,8H,3-5,7H2,1-2H3,(H,14,15,16). The van der Waals surface area contributed by atoms with E-state index in [0.29, 0.717) is 12.6 Å². The molecule has 0 saturated carbocycles. The zero-order valence-electron chi connectivity index (χ0n) is 10.5. The first kappa shape index (κ1) is 13.5. The maximum absolute atomic E-state index is 13.4. The molecule has 0 amide bonds. The first-order valence-corrected chi connectivity index (χ1v) is 6.24. The molecular weight excluding hydrogens is 257 g/mol. The Bertz CT molecular complexity index is 416. The molecule has 1 aromatic heterocycles. The van der Waals surface area contributed by atoms with Gasteiger partial charge in [0.25, 0.3) is 0 Å². The molecule has 100 valence electrons. The largest absolute Gasteiger partial charge is 0.366 e. The zero-order chi connectivity index (χ0) is 13.1. The van der Waals surface area contributed by atoms with Crippen molar-refractivity contribution in [2.75, 3.05) is 45.6 Å². The molecule has 1 saturated heterocycles. The summed E-state index contributed by atoms with van der Waals surface area (Å²) in [7, 11) is 4.16. The van der Waals surface area contributed by atoms with E-state index in [0.717, 1.165) is 25.8 Å². The molecule has 2 heterocycles. The number of halogens is 2. The highest BCUT2D eigenvalue weighted by Crippen LogP contribution is 2.13. The zero-order valence-corrected chi connectivity index (χ0v) is 11.3. The van der Waals surface area contributed by atoms with Gasteiger partial charge in [0, 0.05) is 32.2 Å². The second kappa shape index (κ2) is 5.77. The maximum atomic E-state index is 13.4. The van der Waals surface area contributed by atoms with Crippen LogP contribution in [0.2, 0.25) is 5.28 Å². The lowest BCUT2D eigenvalue weighted by molar-refractivity contribution is 0.121. The van der Waals surface area contributed by atoms with Crippen LogP contribution in [0.5, 0.6) is 0 Å². The van der Waals surface area contributed by atoms with Crippen LogP contribution >= 0.6 is 11.6 Å². The molecule has 5 nitrogen and oxygen atoms in total. The molecule has 0 bridgehead atoms. The molecule has 18 heavy (non-hydrogen) atoms. The normalized spacial score (nSPS) is 22.1. The fraction of sp³-hybridized carbons (Fsp3) is 0.636. The van der Waals surface area contributed by atoms with E-state index in [4.69, 9.17) is 11.6 Å². The van der Waals surface area contributed by atoms with Crippen molar-refractivity contribution < 1.29 is 4.39 Å². The number of rotatable bonds is 3. The molecule has 0 spiro atoms. The van der Waals surface area contributed by atoms with Gasteiger partial charge in [0.1, 0.15) is 0 Å². The van der Waals surface area contributed by atoms with Crippen LogP contribution in [0.4, 0.5) is 10.2 Å². The van der Waals surface area contributed by atoms with E-state index < -0.39 is 5.82 Å². The highest BCUT2D eigenvalue weighted by molar-refractivity contribution is 6.28. The van der Waals surface area contributed by atoms with Gasteiger partial charge in [-0.1, -0.05) is 0 Å². The van der Waals surface area contributed by atoms with Crippen molar-refractivity contribution in [2.24, 2.45) is 0 Å². The minimum atomic E-state index is -0.480. The Morgan fingerprint density at radius 1 is 1.50 bits per heavy atom. The topological polar surface area (TPSA) is 44.3 Å². The molecule has 0 aromatic carbocycles. The Morgan fingerprint density at radius 2 is 2.28 bits per heavy atom. The highest BCUT2D eigenvalue weighted by atomic mass is 35.5. The summed E-state index contributed by atoms with van der Waals surface area (Å²) in [6.45, 7) is 3.64. The average molecular weight is 274 g/mol. The number of nitrogens with one attached hydrogen (secondary N) is 1. The molecule has 1 fully saturated rings. The Balaban J connectivity index is 1.96. The molecule has 1 atom stereocenters. The van der Waals surface area contributed by atoms with Crippen molar-refractivity contribution >= 4 is 17.4 Å². The summed E-state index contributed by atoms with van der Waals surface area (Å²) in [5.74, 6) is -0.317. The maximum Gasteiger partial charge on any atom is 0.224 e. The number of hydrogen-bond acceptors (Lipinski definition) is 5. The minimum absolute atomic E-state index is 0.0491. The number of aromatic nitrogens is 2. The minimum Gasteiger partial charge on any atom is -0.366 e. The molecule has 1 unspecified atom stereocenters. The van der Waals surface area contributed by atoms with E-state index in [9.17, 15) is 4.39 Å². The summed E-state index contributed by atoms with van der Waals surface area (Å²) in [6, 6.07) is 0.330. The molecule has 2 rings (SSSR count). The predicted molar refractivity (Wildman–Crippen MR) is 69.4 cm³/mol. The van der Waals surface area contributed by atoms with Crippen LogP contribution in [-0.2, 0) is 0 Å². The van der Waals surface area contributed by atoms with Crippen LogP contribution in [-0.4, -0.2) is 66.1 Å². The number of anilines is 1. The Labute approximate surface area is 111 Å². The monoisotopic (exact) mass is 273 g/mol. The Morgan fingerprint density at radius 3 is 3.06 bits per heavy atom. The van der Waals surface area contributed by atoms with E-state index in [1.165, 1.54) is 0 Å². The van der Waals surface area contributed by atoms with E-state index in [1.54, 1.807) is 0 Å². The molecule has 1 aromatic rings. The average Bonchev–Trinajstić information content (AvgIpc) is 2.34. The lowest BCUT2D eigenvalue weighted by Gasteiger charge is -2.37. The molecule has 0 aliphatic carbocycles. The van der Waals surface area contributed by atoms with Crippen molar-refractivity contribution in [1.82, 2.24) is 19.8 Å². The first-order chi connectivity index (χ1) is 8.56. The molecule has 1 aliphatic rings. The van der Waals surface area contributed by atoms with Gasteiger partial charge in [-0.25, -0.2) is 9.37 Å². The molecular formula is C11H17ClFN5. The fourth-order valence-corrected chi connectivity index (χ4v) is 2.14. The van der Waals surface area contributed by atoms with Crippen LogP contribution in [0.3, 0.4) is 0 Å². The van der Waals surface area contributed by atoms with Crippen LogP contribution in [0.1, 0.15) is 0 Å². The first-order valence-electron chi connectivity index (χ1n) is 5.87. The van der Waals surface area contributed by atoms with Gasteiger partial charge >= 0.3 is 0 Å². The van der Waals surface area contributed by atoms with Gasteiger partial charge in [-0.05, 0) is 25.7 Å². The number of piperazine rings is 1. The van der Waals surface area contributed by atoms with Crippen molar-refractivity contribution in [3.63, 3.8) is 0 Å². The van der Waals surface area contributed by atoms with Gasteiger partial charge in [-0.3, -0.25) is 4.90 Å². The fourth-order valence-electron chi connectivity index (χ4n) is 2.01. The van der Waals surface area contributed by atoms with Crippen LogP contribution in [0.25, 0.3) is 0 Å². The Hall–Kier alpha value is -0.980. The van der Waals surface area contributed by atoms with Crippen LogP contribution < -0.4 is 5.32 Å². The highest BCUT2D eigenvalue weighted by Gasteiger charge is 2.22. The molecule has 7 heteroatoms. The SMILES string of the molecule is CN1CCN(C)C(CNc2nc(Cl)ncc2F)C1. The van der Waals surface area contributed by atoms with Gasteiger partial charge in [0.05, 0.1) is 6.20 Å². The third-order valence-corrected chi connectivity index (χ3v) is 3.38. The van der Waals surface area contributed by atoms with Gasteiger partial charge in [0.2, 0.25) is 5.28 Å². The summed E-state index contributed by atoms with van der Waals surface area (Å²) >= 11 is 5.64. The van der Waals surface area contributed by atoms with E-state index in [1.807, 2.05) is 0 Å². The number of hydrogen-bond donors (Lipinski definition) is 1. The summed E-state index contributed by atoms with van der Waals surface area (Å²) in [4.78, 5) is 11.9. The van der Waals surface area contributed by atoms with Crippen LogP contribution in [0.15, 0.2) is 6.20 Å². The number of nitrogens with zero attached hydrogens (tertiary/aromatic N) is 4. The lowest BCUT2D eigenvalue weighted by atomic mass is 10.2. The predicted octanol–water partition coefficient (Wildman–Crippen LogP) is 0.927. The second-order valence-corrected chi connectivity index (χ2v) is 4.95. The molecule has 0 radical (unpaired) electrons. The molecule has 1 aliphatic heterocycles. The second-order valence-electron chi connectivity index (χ2n) is 4.61. The Kier molecular flexibility index (Phi) is 4.31. The lowest BCUT2D eigenvalue weighted by Crippen LogP contribution is -2.52. The molecule has 1 N–H and O–H groups in total. The summed E-state index contributed by atoms with van der Waals surface area (Å²) in [5, 5.41) is 3.04. The number of likely N-dealkylation sites (N-methyl/N-ethyl adjacent to an activating group) is 2. The van der Waals surface area contributed by atoms with E-state index >= 15 is 0 Å². The summed E-state index contributed by atoms with van der Waals surface area (Å²) in [6.07, 6.45) is 1.08. The van der Waals surface area contributed by atoms with Crippen molar-refractivity contribution in [3.05, 3.63) is 17.3 Å². The summed E-state index contributed by atoms with van der Waals surface area (Å²) in [5.41, 5.74) is 0. The van der Waals surface area contributed by atoms with Gasteiger partial charge < -0.3 is 10.2 Å². The van der Waals surface area contributed by atoms with E-state index in [-0.39, 0.29) is 11.1 Å². The van der Waals surface area contributed by atoms with Gasteiger partial charge in [-0.15, -0.1) is 0 Å². The van der Waals surface area contributed by atoms with Gasteiger partial charge in [-0.2, -0.15) is 4.98 Å². The quantitative estimate of drug-likeness (QED) is 0.830. The third-order valence-electron chi connectivity index (χ3n) is 3.20. The summed E-state index contributed by atoms with van der Waals surface area (Å²) < 4.78 is 13.4. The van der Waals surface area contributed by atoms with E-state index in [2.05, 4.69) is 39.2 Å². The van der Waals surface area contributed by atoms with Crippen molar-refractivity contribution in [2.45, 2.75) is 6.04 Å². The van der Waals surface area contributed by atoms with Crippen molar-refractivity contribution in [1.29, 1.82) is 0 Å². The van der Waals surface area contributed by atoms with Crippen molar-refractivity contribution in [3.8, 4) is 0 Å². The smallest absolute Gasteiger partial charge is 0.224 e. The third kappa shape index (κ3) is 3.28.